The third-order valence-corrected chi connectivity index (χ3v) is 10.7. The van der Waals surface area contributed by atoms with E-state index < -0.39 is 0 Å². The number of fused-ring (bicyclic) bond motifs is 8. The fourth-order valence-corrected chi connectivity index (χ4v) is 8.31. The molecule has 0 atom stereocenters. The molecule has 10 rings (SSSR count). The second kappa shape index (κ2) is 10.8. The van der Waals surface area contributed by atoms with Gasteiger partial charge in [-0.1, -0.05) is 123 Å². The van der Waals surface area contributed by atoms with E-state index in [4.69, 9.17) is 0 Å². The molecule has 50 heavy (non-hydrogen) atoms. The zero-order valence-electron chi connectivity index (χ0n) is 28.0. The van der Waals surface area contributed by atoms with Gasteiger partial charge in [-0.2, -0.15) is 0 Å². The van der Waals surface area contributed by atoms with Crippen LogP contribution in [0.4, 0.5) is 22.7 Å². The molecule has 1 aromatic heterocycles. The highest BCUT2D eigenvalue weighted by molar-refractivity contribution is 6.14. The van der Waals surface area contributed by atoms with Crippen LogP contribution in [-0.4, -0.2) is 4.98 Å². The van der Waals surface area contributed by atoms with Crippen LogP contribution in [0.1, 0.15) is 25.0 Å². The molecule has 0 unspecified atom stereocenters. The van der Waals surface area contributed by atoms with Gasteiger partial charge < -0.3 is 15.6 Å². The molecule has 9 aromatic rings. The van der Waals surface area contributed by atoms with Crippen molar-refractivity contribution in [2.24, 2.45) is 0 Å². The van der Waals surface area contributed by atoms with Gasteiger partial charge in [-0.15, -0.1) is 0 Å². The molecule has 1 heterocycles. The van der Waals surface area contributed by atoms with Crippen molar-refractivity contribution in [1.82, 2.24) is 4.98 Å². The molecule has 0 saturated heterocycles. The first kappa shape index (κ1) is 28.7. The first-order valence-electron chi connectivity index (χ1n) is 17.3. The number of benzene rings is 8. The zero-order chi connectivity index (χ0) is 33.4. The maximum Gasteiger partial charge on any atom is 0.0546 e. The highest BCUT2D eigenvalue weighted by Gasteiger charge is 2.37. The third-order valence-electron chi connectivity index (χ3n) is 10.7. The van der Waals surface area contributed by atoms with E-state index in [1.54, 1.807) is 0 Å². The summed E-state index contributed by atoms with van der Waals surface area (Å²) in [5.74, 6) is 0. The van der Waals surface area contributed by atoms with Crippen LogP contribution in [-0.2, 0) is 5.41 Å². The molecule has 3 heteroatoms. The van der Waals surface area contributed by atoms with Gasteiger partial charge in [0.05, 0.1) is 5.52 Å². The van der Waals surface area contributed by atoms with Gasteiger partial charge in [-0.3, -0.25) is 0 Å². The molecule has 8 aromatic carbocycles. The van der Waals surface area contributed by atoms with E-state index in [9.17, 15) is 0 Å². The Morgan fingerprint density at radius 2 is 0.980 bits per heavy atom. The molecule has 0 amide bonds. The third kappa shape index (κ3) is 4.51. The first-order valence-corrected chi connectivity index (χ1v) is 17.3. The minimum Gasteiger partial charge on any atom is -0.355 e. The number of hydrogen-bond donors (Lipinski definition) is 3. The summed E-state index contributed by atoms with van der Waals surface area (Å²) >= 11 is 0. The number of nitrogens with one attached hydrogen (secondary N) is 3. The van der Waals surface area contributed by atoms with Crippen molar-refractivity contribution in [3.8, 4) is 22.3 Å². The summed E-state index contributed by atoms with van der Waals surface area (Å²) in [7, 11) is 0. The molecule has 0 saturated carbocycles. The summed E-state index contributed by atoms with van der Waals surface area (Å²) in [5, 5.41) is 14.8. The topological polar surface area (TPSA) is 39.9 Å². The lowest BCUT2D eigenvalue weighted by Gasteiger charge is -2.25. The molecule has 1 aliphatic rings. The molecule has 0 spiro atoms. The second-order valence-electron chi connectivity index (χ2n) is 14.1. The lowest BCUT2D eigenvalue weighted by atomic mass is 9.78. The quantitative estimate of drug-likeness (QED) is 0.175. The van der Waals surface area contributed by atoms with Crippen molar-refractivity contribution in [1.29, 1.82) is 0 Å². The predicted octanol–water partition coefficient (Wildman–Crippen LogP) is 13.1. The minimum absolute atomic E-state index is 0.139. The lowest BCUT2D eigenvalue weighted by molar-refractivity contribution is 0.662. The minimum atomic E-state index is -0.139. The normalized spacial score (nSPS) is 13.2. The van der Waals surface area contributed by atoms with Crippen LogP contribution in [0.15, 0.2) is 158 Å². The van der Waals surface area contributed by atoms with Crippen LogP contribution in [0.2, 0.25) is 0 Å². The predicted molar refractivity (Wildman–Crippen MR) is 213 cm³/mol. The lowest BCUT2D eigenvalue weighted by Crippen LogP contribution is -2.16. The van der Waals surface area contributed by atoms with Crippen LogP contribution in [0.5, 0.6) is 0 Å². The van der Waals surface area contributed by atoms with Crippen molar-refractivity contribution in [2.75, 3.05) is 10.6 Å². The van der Waals surface area contributed by atoms with Crippen LogP contribution in [0.25, 0.3) is 65.6 Å². The maximum absolute atomic E-state index is 3.89. The highest BCUT2D eigenvalue weighted by atomic mass is 14.9. The van der Waals surface area contributed by atoms with Gasteiger partial charge >= 0.3 is 0 Å². The smallest absolute Gasteiger partial charge is 0.0546 e. The fraction of sp³-hybridized carbons (Fsp3) is 0.0638. The van der Waals surface area contributed by atoms with Crippen molar-refractivity contribution in [3.05, 3.63) is 169 Å². The van der Waals surface area contributed by atoms with Gasteiger partial charge in [-0.05, 0) is 97.9 Å². The van der Waals surface area contributed by atoms with E-state index in [1.165, 1.54) is 65.7 Å². The molecule has 238 valence electrons. The fourth-order valence-electron chi connectivity index (χ4n) is 8.31. The Labute approximate surface area is 291 Å². The van der Waals surface area contributed by atoms with Crippen LogP contribution in [0, 0.1) is 0 Å². The Morgan fingerprint density at radius 3 is 1.70 bits per heavy atom. The Hall–Kier alpha value is -6.32. The van der Waals surface area contributed by atoms with Gasteiger partial charge in [0.25, 0.3) is 0 Å². The Balaban J connectivity index is 1.15. The average Bonchev–Trinajstić information content (AvgIpc) is 3.62. The number of aromatic nitrogens is 1. The van der Waals surface area contributed by atoms with E-state index in [0.717, 1.165) is 33.8 Å². The summed E-state index contributed by atoms with van der Waals surface area (Å²) in [4.78, 5) is 3.89. The number of hydrogen-bond acceptors (Lipinski definition) is 2. The van der Waals surface area contributed by atoms with Gasteiger partial charge in [-0.25, -0.2) is 0 Å². The van der Waals surface area contributed by atoms with Gasteiger partial charge in [0.15, 0.2) is 0 Å². The van der Waals surface area contributed by atoms with Crippen molar-refractivity contribution >= 4 is 66.1 Å². The van der Waals surface area contributed by atoms with Gasteiger partial charge in [0, 0.05) is 50.0 Å². The molecule has 0 aliphatic heterocycles. The van der Waals surface area contributed by atoms with E-state index in [2.05, 4.69) is 187 Å². The summed E-state index contributed by atoms with van der Waals surface area (Å²) in [6.45, 7) is 4.73. The summed E-state index contributed by atoms with van der Waals surface area (Å²) in [6.07, 6.45) is 0. The van der Waals surface area contributed by atoms with Crippen LogP contribution >= 0.6 is 0 Å². The molecule has 0 radical (unpaired) electrons. The standard InChI is InChI=1S/C47H35N3/c1-47(2)43-17-8-7-14-37(43)39-15-9-16-40(45(39)47)42-27-36(49-34-21-19-30-11-4-6-13-32(30)25-34)26-41-38-23-22-35(28-44(38)50-46(41)42)48-33-20-18-29-10-3-5-12-31(29)24-33/h3-28,48-50H,1-2H3. The monoisotopic (exact) mass is 641 g/mol. The number of rotatable bonds is 5. The SMILES string of the molecule is CC1(C)c2ccccc2-c2cccc(-c3cc(Nc4ccc5ccccc5c4)cc4c3[nH]c3cc(Nc5ccc6ccccc6c5)ccc34)c21. The highest BCUT2D eigenvalue weighted by Crippen LogP contribution is 2.53. The second-order valence-corrected chi connectivity index (χ2v) is 14.1. The number of anilines is 4. The Bertz CT molecular complexity index is 2800. The van der Waals surface area contributed by atoms with Crippen molar-refractivity contribution < 1.29 is 0 Å². The molecular formula is C47H35N3. The Kier molecular flexibility index (Phi) is 6.22. The van der Waals surface area contributed by atoms with E-state index in [1.807, 2.05) is 0 Å². The zero-order valence-corrected chi connectivity index (χ0v) is 28.0. The van der Waals surface area contributed by atoms with Crippen molar-refractivity contribution in [3.63, 3.8) is 0 Å². The van der Waals surface area contributed by atoms with Crippen LogP contribution < -0.4 is 10.6 Å². The molecular weight excluding hydrogens is 607 g/mol. The van der Waals surface area contributed by atoms with E-state index >= 15 is 0 Å². The number of aromatic amines is 1. The molecule has 1 aliphatic carbocycles. The molecule has 0 bridgehead atoms. The number of H-pyrrole nitrogens is 1. The van der Waals surface area contributed by atoms with Crippen LogP contribution in [0.3, 0.4) is 0 Å². The molecule has 3 N–H and O–H groups in total. The molecule has 3 nitrogen and oxygen atoms in total. The van der Waals surface area contributed by atoms with Gasteiger partial charge in [0.1, 0.15) is 0 Å². The maximum atomic E-state index is 3.89. The van der Waals surface area contributed by atoms with E-state index in [0.29, 0.717) is 0 Å². The summed E-state index contributed by atoms with van der Waals surface area (Å²) < 4.78 is 0. The first-order chi connectivity index (χ1) is 24.5. The summed E-state index contributed by atoms with van der Waals surface area (Å²) in [6, 6.07) is 57.1. The Morgan fingerprint density at radius 1 is 0.420 bits per heavy atom. The summed E-state index contributed by atoms with van der Waals surface area (Å²) in [5.41, 5.74) is 14.2. The van der Waals surface area contributed by atoms with Crippen molar-refractivity contribution in [2.45, 2.75) is 19.3 Å². The largest absolute Gasteiger partial charge is 0.355 e. The molecule has 0 fully saturated rings. The van der Waals surface area contributed by atoms with E-state index in [-0.39, 0.29) is 5.41 Å². The van der Waals surface area contributed by atoms with Gasteiger partial charge in [0.2, 0.25) is 0 Å². The average molecular weight is 642 g/mol.